The Balaban J connectivity index is 0.00000220. The molecule has 0 aliphatic heterocycles. The summed E-state index contributed by atoms with van der Waals surface area (Å²) in [6, 6.07) is 3.02. The summed E-state index contributed by atoms with van der Waals surface area (Å²) in [5, 5.41) is 2.71. The van der Waals surface area contributed by atoms with Gasteiger partial charge in [-0.05, 0) is 30.9 Å². The summed E-state index contributed by atoms with van der Waals surface area (Å²) in [5.41, 5.74) is 6.42. The van der Waals surface area contributed by atoms with E-state index in [4.69, 9.17) is 5.73 Å². The van der Waals surface area contributed by atoms with Crippen molar-refractivity contribution < 1.29 is 13.2 Å². The van der Waals surface area contributed by atoms with Crippen molar-refractivity contribution in [3.05, 3.63) is 18.3 Å². The maximum Gasteiger partial charge on any atom is 0.224 e. The molecule has 0 saturated heterocycles. The predicted molar refractivity (Wildman–Crippen MR) is 90.4 cm³/mol. The van der Waals surface area contributed by atoms with Gasteiger partial charge in [0.1, 0.15) is 0 Å². The van der Waals surface area contributed by atoms with Gasteiger partial charge in [-0.1, -0.05) is 6.42 Å². The number of nitrogens with zero attached hydrogens (tertiary/aromatic N) is 1. The van der Waals surface area contributed by atoms with Crippen LogP contribution in [0.5, 0.6) is 0 Å². The predicted octanol–water partition coefficient (Wildman–Crippen LogP) is 1.78. The first-order chi connectivity index (χ1) is 9.36. The lowest BCUT2D eigenvalue weighted by molar-refractivity contribution is -0.117. The van der Waals surface area contributed by atoms with Gasteiger partial charge in [-0.2, -0.15) is 0 Å². The Kier molecular flexibility index (Phi) is 8.32. The zero-order chi connectivity index (χ0) is 14.8. The largest absolute Gasteiger partial charge is 0.327 e. The fourth-order valence-electron chi connectivity index (χ4n) is 2.44. The van der Waals surface area contributed by atoms with Gasteiger partial charge in [-0.3, -0.25) is 4.79 Å². The number of halogens is 2. The molecule has 1 heterocycles. The van der Waals surface area contributed by atoms with Crippen LogP contribution in [0, 0.1) is 5.92 Å². The molecule has 126 valence electrons. The van der Waals surface area contributed by atoms with E-state index in [-0.39, 0.29) is 47.7 Å². The molecule has 1 saturated carbocycles. The Morgan fingerprint density at radius 3 is 2.50 bits per heavy atom. The SMILES string of the molecule is CS(=O)(=O)c1ccc(NC(=O)C[C@@H]2CCC[C@H]2N)cn1.Cl.Cl. The average Bonchev–Trinajstić information content (AvgIpc) is 2.74. The van der Waals surface area contributed by atoms with Gasteiger partial charge in [-0.15, -0.1) is 24.8 Å². The number of carbonyl (C=O) groups is 1. The van der Waals surface area contributed by atoms with Crippen molar-refractivity contribution in [1.82, 2.24) is 4.98 Å². The van der Waals surface area contributed by atoms with Crippen LogP contribution in [0.4, 0.5) is 5.69 Å². The van der Waals surface area contributed by atoms with Crippen LogP contribution in [0.15, 0.2) is 23.4 Å². The van der Waals surface area contributed by atoms with Crippen LogP contribution in [0.25, 0.3) is 0 Å². The highest BCUT2D eigenvalue weighted by Crippen LogP contribution is 2.27. The second-order valence-electron chi connectivity index (χ2n) is 5.26. The van der Waals surface area contributed by atoms with E-state index in [1.807, 2.05) is 0 Å². The number of amides is 1. The number of nitrogens with two attached hydrogens (primary N) is 1. The molecule has 0 radical (unpaired) electrons. The molecule has 2 rings (SSSR count). The molecule has 1 aliphatic carbocycles. The van der Waals surface area contributed by atoms with Crippen molar-refractivity contribution in [2.24, 2.45) is 11.7 Å². The number of rotatable bonds is 4. The number of sulfone groups is 1. The monoisotopic (exact) mass is 369 g/mol. The number of aromatic nitrogens is 1. The maximum atomic E-state index is 11.9. The lowest BCUT2D eigenvalue weighted by atomic mass is 10.00. The third-order valence-corrected chi connectivity index (χ3v) is 4.57. The van der Waals surface area contributed by atoms with Gasteiger partial charge in [0.25, 0.3) is 0 Å². The van der Waals surface area contributed by atoms with Crippen molar-refractivity contribution in [2.45, 2.75) is 36.8 Å². The van der Waals surface area contributed by atoms with Gasteiger partial charge in [0, 0.05) is 18.7 Å². The normalized spacial score (nSPS) is 20.6. The summed E-state index contributed by atoms with van der Waals surface area (Å²) in [4.78, 5) is 15.7. The number of carbonyl (C=O) groups excluding carboxylic acids is 1. The van der Waals surface area contributed by atoms with Crippen molar-refractivity contribution >= 4 is 46.2 Å². The van der Waals surface area contributed by atoms with Crippen molar-refractivity contribution in [1.29, 1.82) is 0 Å². The van der Waals surface area contributed by atoms with E-state index in [9.17, 15) is 13.2 Å². The number of anilines is 1. The topological polar surface area (TPSA) is 102 Å². The minimum atomic E-state index is -3.31. The van der Waals surface area contributed by atoms with Crippen molar-refractivity contribution in [3.8, 4) is 0 Å². The molecular formula is C13H21Cl2N3O3S. The average molecular weight is 370 g/mol. The molecule has 2 atom stereocenters. The third kappa shape index (κ3) is 5.72. The molecule has 22 heavy (non-hydrogen) atoms. The summed E-state index contributed by atoms with van der Waals surface area (Å²) in [5.74, 6) is 0.125. The van der Waals surface area contributed by atoms with Gasteiger partial charge in [0.05, 0.1) is 11.9 Å². The summed E-state index contributed by atoms with van der Waals surface area (Å²) in [6.45, 7) is 0. The number of pyridine rings is 1. The van der Waals surface area contributed by atoms with Crippen LogP contribution >= 0.6 is 24.8 Å². The van der Waals surface area contributed by atoms with Crippen LogP contribution in [0.1, 0.15) is 25.7 Å². The summed E-state index contributed by atoms with van der Waals surface area (Å²) in [7, 11) is -3.31. The van der Waals surface area contributed by atoms with E-state index >= 15 is 0 Å². The first-order valence-corrected chi connectivity index (χ1v) is 8.47. The van der Waals surface area contributed by atoms with Gasteiger partial charge in [0.15, 0.2) is 14.9 Å². The van der Waals surface area contributed by atoms with E-state index in [0.717, 1.165) is 25.5 Å². The van der Waals surface area contributed by atoms with E-state index in [1.54, 1.807) is 0 Å². The fraction of sp³-hybridized carbons (Fsp3) is 0.538. The summed E-state index contributed by atoms with van der Waals surface area (Å²) < 4.78 is 22.5. The third-order valence-electron chi connectivity index (χ3n) is 3.57. The molecule has 3 N–H and O–H groups in total. The first kappa shape index (κ1) is 21.1. The number of nitrogens with one attached hydrogen (secondary N) is 1. The van der Waals surface area contributed by atoms with E-state index in [2.05, 4.69) is 10.3 Å². The van der Waals surface area contributed by atoms with Gasteiger partial charge in [-0.25, -0.2) is 13.4 Å². The van der Waals surface area contributed by atoms with Crippen LogP contribution in [0.2, 0.25) is 0 Å². The molecule has 0 bridgehead atoms. The minimum Gasteiger partial charge on any atom is -0.327 e. The van der Waals surface area contributed by atoms with Crippen LogP contribution < -0.4 is 11.1 Å². The second-order valence-corrected chi connectivity index (χ2v) is 7.23. The lowest BCUT2D eigenvalue weighted by Crippen LogP contribution is -2.28. The molecular weight excluding hydrogens is 349 g/mol. The highest BCUT2D eigenvalue weighted by Gasteiger charge is 2.26. The molecule has 0 unspecified atom stereocenters. The van der Waals surface area contributed by atoms with Gasteiger partial charge >= 0.3 is 0 Å². The quantitative estimate of drug-likeness (QED) is 0.841. The molecule has 9 heteroatoms. The fourth-order valence-corrected chi connectivity index (χ4v) is 3.00. The molecule has 1 fully saturated rings. The van der Waals surface area contributed by atoms with E-state index in [0.29, 0.717) is 12.1 Å². The Bertz CT molecular complexity index is 593. The van der Waals surface area contributed by atoms with Gasteiger partial charge < -0.3 is 11.1 Å². The van der Waals surface area contributed by atoms with Crippen molar-refractivity contribution in [2.75, 3.05) is 11.6 Å². The maximum absolute atomic E-state index is 11.9. The molecule has 1 aliphatic rings. The minimum absolute atomic E-state index is 0. The van der Waals surface area contributed by atoms with Gasteiger partial charge in [0.2, 0.25) is 5.91 Å². The van der Waals surface area contributed by atoms with Crippen molar-refractivity contribution in [3.63, 3.8) is 0 Å². The first-order valence-electron chi connectivity index (χ1n) is 6.58. The Morgan fingerprint density at radius 1 is 1.36 bits per heavy atom. The Labute approximate surface area is 143 Å². The molecule has 1 aromatic rings. The standard InChI is InChI=1S/C13H19N3O3S.2ClH/c1-20(18,19)13-6-5-10(8-15-13)16-12(17)7-9-3-2-4-11(9)14;;/h5-6,8-9,11H,2-4,7,14H2,1H3,(H,16,17);2*1H/t9-,11+;;/m0../s1. The molecule has 0 aromatic carbocycles. The van der Waals surface area contributed by atoms with E-state index < -0.39 is 9.84 Å². The highest BCUT2D eigenvalue weighted by molar-refractivity contribution is 7.90. The molecule has 6 nitrogen and oxygen atoms in total. The Morgan fingerprint density at radius 2 is 2.05 bits per heavy atom. The Hall–Kier alpha value is -0.890. The number of hydrogen-bond acceptors (Lipinski definition) is 5. The summed E-state index contributed by atoms with van der Waals surface area (Å²) in [6.07, 6.45) is 5.87. The van der Waals surface area contributed by atoms with Crippen LogP contribution in [-0.2, 0) is 14.6 Å². The molecule has 0 spiro atoms. The zero-order valence-electron chi connectivity index (χ0n) is 12.2. The smallest absolute Gasteiger partial charge is 0.224 e. The summed E-state index contributed by atoms with van der Waals surface area (Å²) >= 11 is 0. The van der Waals surface area contributed by atoms with E-state index in [1.165, 1.54) is 18.3 Å². The molecule has 1 aromatic heterocycles. The zero-order valence-corrected chi connectivity index (χ0v) is 14.6. The second kappa shape index (κ2) is 8.67. The lowest BCUT2D eigenvalue weighted by Gasteiger charge is -2.14. The molecule has 1 amide bonds. The highest BCUT2D eigenvalue weighted by atomic mass is 35.5. The van der Waals surface area contributed by atoms with Crippen LogP contribution in [0.3, 0.4) is 0 Å². The number of hydrogen-bond donors (Lipinski definition) is 2. The van der Waals surface area contributed by atoms with Crippen LogP contribution in [-0.4, -0.2) is 31.6 Å².